The van der Waals surface area contributed by atoms with Gasteiger partial charge in [-0.15, -0.1) is 0 Å². The summed E-state index contributed by atoms with van der Waals surface area (Å²) < 4.78 is 41.0. The number of aliphatic carboxylic acids is 1. The molecule has 1 amide bonds. The molecule has 0 aliphatic heterocycles. The van der Waals surface area contributed by atoms with Gasteiger partial charge in [0.2, 0.25) is 11.5 Å². The maximum Gasteiger partial charge on any atom is 0.513 e. The number of aliphatic hydroxyl groups is 1. The lowest BCUT2D eigenvalue weighted by Crippen LogP contribution is -2.58. The van der Waals surface area contributed by atoms with E-state index in [4.69, 9.17) is 13.7 Å². The van der Waals surface area contributed by atoms with Crippen LogP contribution in [0.15, 0.2) is 60.7 Å². The molecule has 11 nitrogen and oxygen atoms in total. The Hall–Kier alpha value is -3.48. The van der Waals surface area contributed by atoms with Crippen molar-refractivity contribution in [2.75, 3.05) is 18.9 Å². The molecule has 3 N–H and O–H groups in total. The van der Waals surface area contributed by atoms with Gasteiger partial charge in [0, 0.05) is 18.9 Å². The molecule has 0 radical (unpaired) electrons. The van der Waals surface area contributed by atoms with Crippen LogP contribution in [0, 0.1) is 5.41 Å². The van der Waals surface area contributed by atoms with E-state index >= 15 is 0 Å². The van der Waals surface area contributed by atoms with Crippen LogP contribution in [0.3, 0.4) is 0 Å². The minimum Gasteiger partial charge on any atom is -0.479 e. The maximum atomic E-state index is 12.8. The second-order valence-corrected chi connectivity index (χ2v) is 10.5. The van der Waals surface area contributed by atoms with Gasteiger partial charge in [0.15, 0.2) is 0 Å². The first-order valence-corrected chi connectivity index (χ1v) is 12.9. The minimum absolute atomic E-state index is 0.0431. The van der Waals surface area contributed by atoms with E-state index in [-0.39, 0.29) is 30.2 Å². The van der Waals surface area contributed by atoms with E-state index in [1.165, 1.54) is 45.0 Å². The Balaban J connectivity index is 2.30. The van der Waals surface area contributed by atoms with Gasteiger partial charge < -0.3 is 25.0 Å². The van der Waals surface area contributed by atoms with Crippen molar-refractivity contribution in [3.05, 3.63) is 66.2 Å². The monoisotopic (exact) mass is 537 g/mol. The number of hydrogen-bond acceptors (Lipinski definition) is 9. The second kappa shape index (κ2) is 12.7. The van der Waals surface area contributed by atoms with Gasteiger partial charge in [-0.1, -0.05) is 62.4 Å². The highest BCUT2D eigenvalue weighted by atomic mass is 32.2. The van der Waals surface area contributed by atoms with Crippen molar-refractivity contribution in [3.63, 3.8) is 0 Å². The van der Waals surface area contributed by atoms with Crippen LogP contribution in [-0.2, 0) is 28.6 Å². The highest BCUT2D eigenvalue weighted by molar-refractivity contribution is 7.86. The van der Waals surface area contributed by atoms with E-state index in [0.717, 1.165) is 0 Å². The molecule has 12 heteroatoms. The summed E-state index contributed by atoms with van der Waals surface area (Å²) in [6, 6.07) is 15.8. The Kier molecular flexibility index (Phi) is 10.2. The van der Waals surface area contributed by atoms with Crippen LogP contribution in [0.5, 0.6) is 5.75 Å². The summed E-state index contributed by atoms with van der Waals surface area (Å²) in [6.45, 7) is 2.91. The molecular formula is C25H31NO10S. The first-order valence-electron chi connectivity index (χ1n) is 11.3. The first kappa shape index (κ1) is 29.7. The lowest BCUT2D eigenvalue weighted by Gasteiger charge is -2.43. The van der Waals surface area contributed by atoms with E-state index in [2.05, 4.69) is 5.32 Å². The van der Waals surface area contributed by atoms with Crippen LogP contribution in [0.2, 0.25) is 0 Å². The molecule has 202 valence electrons. The average molecular weight is 538 g/mol. The van der Waals surface area contributed by atoms with Crippen molar-refractivity contribution in [2.45, 2.75) is 38.9 Å². The van der Waals surface area contributed by atoms with Crippen LogP contribution in [-0.4, -0.2) is 61.2 Å². The van der Waals surface area contributed by atoms with Crippen molar-refractivity contribution >= 4 is 28.1 Å². The number of carbonyl (C=O) groups excluding carboxylic acids is 2. The molecule has 37 heavy (non-hydrogen) atoms. The molecule has 0 spiro atoms. The number of carbonyl (C=O) groups is 3. The van der Waals surface area contributed by atoms with E-state index < -0.39 is 51.7 Å². The van der Waals surface area contributed by atoms with Crippen LogP contribution >= 0.6 is 0 Å². The molecule has 0 bridgehead atoms. The molecule has 2 rings (SSSR count). The third-order valence-electron chi connectivity index (χ3n) is 5.71. The largest absolute Gasteiger partial charge is 0.513 e. The van der Waals surface area contributed by atoms with Crippen LogP contribution < -0.4 is 10.1 Å². The Labute approximate surface area is 215 Å². The van der Waals surface area contributed by atoms with Gasteiger partial charge in [0.25, 0.3) is 10.1 Å². The summed E-state index contributed by atoms with van der Waals surface area (Å²) in [6.07, 6.45) is -2.71. The number of nitrogens with one attached hydrogen (secondary N) is 1. The van der Waals surface area contributed by atoms with Crippen LogP contribution in [0.4, 0.5) is 4.79 Å². The summed E-state index contributed by atoms with van der Waals surface area (Å²) in [5, 5.41) is 23.7. The highest BCUT2D eigenvalue weighted by Gasteiger charge is 2.57. The van der Waals surface area contributed by atoms with E-state index in [1.807, 2.05) is 0 Å². The zero-order valence-electron chi connectivity index (χ0n) is 20.7. The van der Waals surface area contributed by atoms with Gasteiger partial charge in [-0.3, -0.25) is 8.98 Å². The minimum atomic E-state index is -4.26. The Morgan fingerprint density at radius 1 is 1.00 bits per heavy atom. The van der Waals surface area contributed by atoms with Gasteiger partial charge in [-0.25, -0.2) is 9.59 Å². The van der Waals surface area contributed by atoms with Crippen molar-refractivity contribution in [3.8, 4) is 5.75 Å². The van der Waals surface area contributed by atoms with Crippen LogP contribution in [0.25, 0.3) is 0 Å². The quantitative estimate of drug-likeness (QED) is 0.150. The molecule has 0 fully saturated rings. The molecule has 0 heterocycles. The number of carboxylic acids is 1. The summed E-state index contributed by atoms with van der Waals surface area (Å²) in [5.41, 5.74) is -4.39. The maximum absolute atomic E-state index is 12.8. The molecule has 0 saturated heterocycles. The third-order valence-corrected chi connectivity index (χ3v) is 6.98. The zero-order valence-corrected chi connectivity index (χ0v) is 21.6. The fourth-order valence-corrected chi connectivity index (χ4v) is 4.69. The SMILES string of the molecule is CC(=O)NCCCS(=O)(=O)OC(c1ccccc1)C(C)(C)[C@@](O)(COC(=O)Oc1ccccc1)C(=O)O. The Morgan fingerprint density at radius 3 is 2.11 bits per heavy atom. The molecule has 0 aliphatic carbocycles. The number of benzene rings is 2. The van der Waals surface area contributed by atoms with Gasteiger partial charge >= 0.3 is 12.1 Å². The van der Waals surface area contributed by atoms with E-state index in [9.17, 15) is 33.0 Å². The molecule has 0 aromatic heterocycles. The fraction of sp³-hybridized carbons (Fsp3) is 0.400. The summed E-state index contributed by atoms with van der Waals surface area (Å²) in [5.74, 6) is -2.42. The predicted molar refractivity (Wildman–Crippen MR) is 132 cm³/mol. The topological polar surface area (TPSA) is 166 Å². The molecule has 0 saturated carbocycles. The molecule has 2 aromatic rings. The number of rotatable bonds is 13. The second-order valence-electron chi connectivity index (χ2n) is 8.83. The van der Waals surface area contributed by atoms with Gasteiger partial charge in [-0.05, 0) is 24.1 Å². The fourth-order valence-electron chi connectivity index (χ4n) is 3.45. The van der Waals surface area contributed by atoms with E-state index in [0.29, 0.717) is 0 Å². The molecular weight excluding hydrogens is 506 g/mol. The predicted octanol–water partition coefficient (Wildman–Crippen LogP) is 2.66. The van der Waals surface area contributed by atoms with Crippen molar-refractivity contribution in [1.29, 1.82) is 0 Å². The number of carboxylic acid groups (broad SMARTS) is 1. The average Bonchev–Trinajstić information content (AvgIpc) is 2.84. The number of ether oxygens (including phenoxy) is 2. The van der Waals surface area contributed by atoms with Crippen LogP contribution in [0.1, 0.15) is 38.9 Å². The molecule has 2 aromatic carbocycles. The lowest BCUT2D eigenvalue weighted by atomic mass is 9.69. The van der Waals surface area contributed by atoms with Gasteiger partial charge in [0.05, 0.1) is 5.75 Å². The molecule has 1 unspecified atom stereocenters. The van der Waals surface area contributed by atoms with Crippen molar-refractivity contribution in [2.24, 2.45) is 5.41 Å². The smallest absolute Gasteiger partial charge is 0.479 e. The number of hydrogen-bond donors (Lipinski definition) is 3. The van der Waals surface area contributed by atoms with Crippen molar-refractivity contribution < 1.29 is 46.7 Å². The number of para-hydroxylation sites is 1. The molecule has 2 atom stereocenters. The highest BCUT2D eigenvalue weighted by Crippen LogP contribution is 2.46. The molecule has 0 aliphatic rings. The normalized spacial score (nSPS) is 14.2. The Bertz CT molecular complexity index is 1170. The number of amides is 1. The summed E-state index contributed by atoms with van der Waals surface area (Å²) in [7, 11) is -4.26. The zero-order chi connectivity index (χ0) is 27.7. The third kappa shape index (κ3) is 8.27. The standard InChI is InChI=1S/C25H31NO10S/c1-18(27)26-15-10-16-37(32,33)36-21(19-11-6-4-7-12-19)24(2,3)25(31,22(28)29)17-34-23(30)35-20-13-8-5-9-14-20/h4-9,11-14,21,31H,10,15-17H2,1-3H3,(H,26,27)(H,28,29)/t21?,25-/m1/s1. The lowest BCUT2D eigenvalue weighted by molar-refractivity contribution is -0.191. The Morgan fingerprint density at radius 2 is 1.57 bits per heavy atom. The summed E-state index contributed by atoms with van der Waals surface area (Å²) in [4.78, 5) is 35.5. The first-order chi connectivity index (χ1) is 17.3. The van der Waals surface area contributed by atoms with Gasteiger partial charge in [0.1, 0.15) is 18.5 Å². The van der Waals surface area contributed by atoms with Gasteiger partial charge in [-0.2, -0.15) is 8.42 Å². The summed E-state index contributed by atoms with van der Waals surface area (Å²) >= 11 is 0. The van der Waals surface area contributed by atoms with E-state index in [1.54, 1.807) is 36.4 Å². The van der Waals surface area contributed by atoms with Crippen molar-refractivity contribution in [1.82, 2.24) is 5.32 Å².